The highest BCUT2D eigenvalue weighted by Crippen LogP contribution is 2.32. The Bertz CT molecular complexity index is 364. The molecule has 0 radical (unpaired) electrons. The van der Waals surface area contributed by atoms with Gasteiger partial charge in [0.1, 0.15) is 0 Å². The fourth-order valence-electron chi connectivity index (χ4n) is 2.30. The molecule has 1 rings (SSSR count). The fourth-order valence-corrected chi connectivity index (χ4v) is 2.30. The summed E-state index contributed by atoms with van der Waals surface area (Å²) in [7, 11) is 0. The van der Waals surface area contributed by atoms with Crippen molar-refractivity contribution in [3.8, 4) is 0 Å². The Balaban J connectivity index is 2.72. The molecule has 1 aliphatic rings. The van der Waals surface area contributed by atoms with E-state index in [1.165, 1.54) is 0 Å². The number of hydrogen-bond acceptors (Lipinski definition) is 3. The smallest absolute Gasteiger partial charge is 0.311 e. The maximum atomic E-state index is 12.3. The average Bonchev–Trinajstić information content (AvgIpc) is 2.27. The molecule has 0 spiro atoms. The van der Waals surface area contributed by atoms with Crippen molar-refractivity contribution in [2.45, 2.75) is 65.0 Å². The zero-order valence-corrected chi connectivity index (χ0v) is 12.3. The van der Waals surface area contributed by atoms with Crippen molar-refractivity contribution in [2.75, 3.05) is 0 Å². The second kappa shape index (κ2) is 5.49. The standard InChI is InChI=1S/C14H26N2O3/c1-13(2,12(18)19)14(3,4)16-11(17)9-6-5-7-10(15)8-9/h9-10H,5-8,15H2,1-4H3,(H,16,17)(H,18,19). The van der Waals surface area contributed by atoms with Crippen LogP contribution in [-0.2, 0) is 9.59 Å². The van der Waals surface area contributed by atoms with Crippen LogP contribution >= 0.6 is 0 Å². The minimum Gasteiger partial charge on any atom is -0.481 e. The second-order valence-corrected chi connectivity index (χ2v) is 6.67. The van der Waals surface area contributed by atoms with Gasteiger partial charge in [0.05, 0.1) is 5.41 Å². The zero-order chi connectivity index (χ0) is 14.8. The Morgan fingerprint density at radius 3 is 2.26 bits per heavy atom. The molecule has 110 valence electrons. The lowest BCUT2D eigenvalue weighted by Crippen LogP contribution is -2.58. The summed E-state index contributed by atoms with van der Waals surface area (Å²) in [4.78, 5) is 23.6. The van der Waals surface area contributed by atoms with E-state index in [1.54, 1.807) is 27.7 Å². The summed E-state index contributed by atoms with van der Waals surface area (Å²) < 4.78 is 0. The number of nitrogens with two attached hydrogens (primary N) is 1. The van der Waals surface area contributed by atoms with Crippen molar-refractivity contribution < 1.29 is 14.7 Å². The Morgan fingerprint density at radius 1 is 1.21 bits per heavy atom. The summed E-state index contributed by atoms with van der Waals surface area (Å²) in [6, 6.07) is 0.0834. The maximum Gasteiger partial charge on any atom is 0.311 e. The molecule has 5 nitrogen and oxygen atoms in total. The van der Waals surface area contributed by atoms with Gasteiger partial charge in [0.2, 0.25) is 5.91 Å². The first kappa shape index (κ1) is 16.0. The van der Waals surface area contributed by atoms with Crippen LogP contribution < -0.4 is 11.1 Å². The van der Waals surface area contributed by atoms with Gasteiger partial charge >= 0.3 is 5.97 Å². The van der Waals surface area contributed by atoms with Crippen molar-refractivity contribution in [3.05, 3.63) is 0 Å². The molecule has 0 heterocycles. The predicted octanol–water partition coefficient (Wildman–Crippen LogP) is 1.51. The van der Waals surface area contributed by atoms with Gasteiger partial charge in [-0.2, -0.15) is 0 Å². The van der Waals surface area contributed by atoms with Gasteiger partial charge in [-0.15, -0.1) is 0 Å². The van der Waals surface area contributed by atoms with Gasteiger partial charge in [-0.1, -0.05) is 6.42 Å². The van der Waals surface area contributed by atoms with E-state index in [-0.39, 0.29) is 17.9 Å². The number of hydrogen-bond donors (Lipinski definition) is 3. The molecular weight excluding hydrogens is 244 g/mol. The molecule has 1 fully saturated rings. The third kappa shape index (κ3) is 3.47. The van der Waals surface area contributed by atoms with Crippen molar-refractivity contribution >= 4 is 11.9 Å². The van der Waals surface area contributed by atoms with Gasteiger partial charge in [-0.25, -0.2) is 0 Å². The van der Waals surface area contributed by atoms with Gasteiger partial charge in [0.15, 0.2) is 0 Å². The Hall–Kier alpha value is -1.10. The molecule has 0 saturated heterocycles. The molecule has 0 aromatic carbocycles. The van der Waals surface area contributed by atoms with Crippen LogP contribution in [0, 0.1) is 11.3 Å². The van der Waals surface area contributed by atoms with Crippen LogP contribution in [0.25, 0.3) is 0 Å². The maximum absolute atomic E-state index is 12.3. The lowest BCUT2D eigenvalue weighted by atomic mass is 9.74. The number of rotatable bonds is 4. The van der Waals surface area contributed by atoms with Gasteiger partial charge in [-0.3, -0.25) is 9.59 Å². The topological polar surface area (TPSA) is 92.4 Å². The molecule has 1 aliphatic carbocycles. The third-order valence-corrected chi connectivity index (χ3v) is 4.62. The van der Waals surface area contributed by atoms with E-state index in [9.17, 15) is 14.7 Å². The van der Waals surface area contributed by atoms with Crippen LogP contribution in [0.3, 0.4) is 0 Å². The largest absolute Gasteiger partial charge is 0.481 e. The van der Waals surface area contributed by atoms with E-state index in [0.717, 1.165) is 19.3 Å². The van der Waals surface area contributed by atoms with E-state index in [0.29, 0.717) is 6.42 Å². The second-order valence-electron chi connectivity index (χ2n) is 6.67. The Morgan fingerprint density at radius 2 is 1.79 bits per heavy atom. The number of amides is 1. The number of carbonyl (C=O) groups is 2. The summed E-state index contributed by atoms with van der Waals surface area (Å²) in [5, 5.41) is 12.2. The Kier molecular flexibility index (Phi) is 4.61. The van der Waals surface area contributed by atoms with E-state index in [1.807, 2.05) is 0 Å². The van der Waals surface area contributed by atoms with Gasteiger partial charge in [0.25, 0.3) is 0 Å². The predicted molar refractivity (Wildman–Crippen MR) is 73.6 cm³/mol. The number of nitrogens with one attached hydrogen (secondary N) is 1. The number of carboxylic acids is 1. The highest BCUT2D eigenvalue weighted by atomic mass is 16.4. The summed E-state index contributed by atoms with van der Waals surface area (Å²) in [6.45, 7) is 6.76. The van der Waals surface area contributed by atoms with Gasteiger partial charge in [-0.05, 0) is 47.0 Å². The monoisotopic (exact) mass is 270 g/mol. The molecule has 4 N–H and O–H groups in total. The first-order valence-electron chi connectivity index (χ1n) is 6.89. The van der Waals surface area contributed by atoms with Crippen molar-refractivity contribution in [3.63, 3.8) is 0 Å². The minimum absolute atomic E-state index is 0.0746. The van der Waals surface area contributed by atoms with E-state index in [4.69, 9.17) is 5.73 Å². The van der Waals surface area contributed by atoms with E-state index >= 15 is 0 Å². The Labute approximate surface area is 114 Å². The number of aliphatic carboxylic acids is 1. The number of carboxylic acid groups (broad SMARTS) is 1. The molecule has 0 aliphatic heterocycles. The van der Waals surface area contributed by atoms with Gasteiger partial charge in [0, 0.05) is 17.5 Å². The summed E-state index contributed by atoms with van der Waals surface area (Å²) >= 11 is 0. The van der Waals surface area contributed by atoms with Crippen molar-refractivity contribution in [2.24, 2.45) is 17.1 Å². The quantitative estimate of drug-likeness (QED) is 0.722. The van der Waals surface area contributed by atoms with Crippen LogP contribution in [0.5, 0.6) is 0 Å². The molecule has 0 aromatic rings. The highest BCUT2D eigenvalue weighted by Gasteiger charge is 2.45. The summed E-state index contributed by atoms with van der Waals surface area (Å²) in [6.07, 6.45) is 3.45. The minimum atomic E-state index is -1.03. The fraction of sp³-hybridized carbons (Fsp3) is 0.857. The summed E-state index contributed by atoms with van der Waals surface area (Å²) in [5.41, 5.74) is 4.05. The van der Waals surface area contributed by atoms with Crippen LogP contribution in [0.4, 0.5) is 0 Å². The molecule has 2 unspecified atom stereocenters. The normalized spacial score (nSPS) is 24.9. The molecular formula is C14H26N2O3. The lowest BCUT2D eigenvalue weighted by molar-refractivity contribution is -0.152. The zero-order valence-electron chi connectivity index (χ0n) is 12.3. The van der Waals surface area contributed by atoms with E-state index in [2.05, 4.69) is 5.32 Å². The van der Waals surface area contributed by atoms with Gasteiger partial charge < -0.3 is 16.2 Å². The van der Waals surface area contributed by atoms with Crippen LogP contribution in [0.15, 0.2) is 0 Å². The highest BCUT2D eigenvalue weighted by molar-refractivity contribution is 5.82. The van der Waals surface area contributed by atoms with Crippen LogP contribution in [0.2, 0.25) is 0 Å². The first-order chi connectivity index (χ1) is 8.58. The van der Waals surface area contributed by atoms with Crippen molar-refractivity contribution in [1.29, 1.82) is 0 Å². The number of carbonyl (C=O) groups excluding carboxylic acids is 1. The van der Waals surface area contributed by atoms with Crippen molar-refractivity contribution in [1.82, 2.24) is 5.32 Å². The molecule has 0 aromatic heterocycles. The lowest BCUT2D eigenvalue weighted by Gasteiger charge is -2.40. The molecule has 0 bridgehead atoms. The molecule has 5 heteroatoms. The van der Waals surface area contributed by atoms with Crippen LogP contribution in [0.1, 0.15) is 53.4 Å². The summed E-state index contributed by atoms with van der Waals surface area (Å²) in [5.74, 6) is -1.08. The first-order valence-corrected chi connectivity index (χ1v) is 6.89. The third-order valence-electron chi connectivity index (χ3n) is 4.62. The SMILES string of the molecule is CC(C)(NC(=O)C1CCCC(N)C1)C(C)(C)C(=O)O. The molecule has 1 saturated carbocycles. The van der Waals surface area contributed by atoms with E-state index < -0.39 is 16.9 Å². The molecule has 19 heavy (non-hydrogen) atoms. The molecule has 2 atom stereocenters. The van der Waals surface area contributed by atoms with Crippen LogP contribution in [-0.4, -0.2) is 28.6 Å². The molecule has 1 amide bonds. The average molecular weight is 270 g/mol.